The SMILES string of the molecule is N#CCC1=CN(c2nc(OCCOC3CC3)nc3c2CCN(c2cccc4cccc(F)c24)C3)CCN1C(=O)/C=C/CN1CCCC1. The number of anilines is 2. The maximum Gasteiger partial charge on any atom is 0.318 e. The second-order valence-corrected chi connectivity index (χ2v) is 12.5. The summed E-state index contributed by atoms with van der Waals surface area (Å²) >= 11 is 0. The van der Waals surface area contributed by atoms with Crippen molar-refractivity contribution in [2.75, 3.05) is 62.3 Å². The van der Waals surface area contributed by atoms with E-state index in [9.17, 15) is 10.1 Å². The number of nitrogens with zero attached hydrogens (tertiary/aromatic N) is 7. The molecule has 11 heteroatoms. The molecule has 0 radical (unpaired) electrons. The molecular weight excluding hydrogens is 597 g/mol. The van der Waals surface area contributed by atoms with E-state index in [1.165, 1.54) is 18.9 Å². The summed E-state index contributed by atoms with van der Waals surface area (Å²) in [5.74, 6) is 0.345. The average molecular weight is 638 g/mol. The van der Waals surface area contributed by atoms with Crippen LogP contribution in [0, 0.1) is 17.1 Å². The predicted octanol–water partition coefficient (Wildman–Crippen LogP) is 4.95. The number of ether oxygens (including phenoxy) is 2. The van der Waals surface area contributed by atoms with Crippen molar-refractivity contribution >= 4 is 28.2 Å². The molecular formula is C36H40FN7O3. The summed E-state index contributed by atoms with van der Waals surface area (Å²) in [6.45, 7) is 5.72. The third-order valence-electron chi connectivity index (χ3n) is 9.22. The smallest absolute Gasteiger partial charge is 0.318 e. The quantitative estimate of drug-likeness (QED) is 0.214. The average Bonchev–Trinajstić information content (AvgIpc) is 3.77. The number of likely N-dealkylation sites (tertiary alicyclic amines) is 1. The Morgan fingerprint density at radius 3 is 2.68 bits per heavy atom. The molecule has 1 aromatic heterocycles. The first-order valence-corrected chi connectivity index (χ1v) is 16.7. The molecule has 1 amide bonds. The fraction of sp³-hybridized carbons (Fsp3) is 0.444. The second-order valence-electron chi connectivity index (χ2n) is 12.5. The third-order valence-corrected chi connectivity index (χ3v) is 9.22. The van der Waals surface area contributed by atoms with Crippen LogP contribution in [0.2, 0.25) is 0 Å². The fourth-order valence-electron chi connectivity index (χ4n) is 6.68. The van der Waals surface area contributed by atoms with Gasteiger partial charge in [-0.05, 0) is 62.7 Å². The number of rotatable bonds is 11. The fourth-order valence-corrected chi connectivity index (χ4v) is 6.68. The van der Waals surface area contributed by atoms with Gasteiger partial charge in [0.2, 0.25) is 0 Å². The summed E-state index contributed by atoms with van der Waals surface area (Å²) in [4.78, 5) is 31.2. The standard InChI is InChI=1S/C36H40FN7O3/c37-30-8-3-6-26-7-4-9-32(34(26)30)42-19-14-29-31(25-42)39-36(47-23-22-46-28-11-12-28)40-35(29)43-20-21-44(27(24-43)13-15-38)33(45)10-5-18-41-16-1-2-17-41/h3-10,24,28H,1-2,11-14,16-23,25H2/b10-5+. The number of amides is 1. The molecule has 1 saturated carbocycles. The summed E-state index contributed by atoms with van der Waals surface area (Å²) in [5, 5.41) is 11.1. The maximum atomic E-state index is 15.1. The summed E-state index contributed by atoms with van der Waals surface area (Å²) in [7, 11) is 0. The Balaban J connectivity index is 1.16. The van der Waals surface area contributed by atoms with Crippen LogP contribution in [0.4, 0.5) is 15.9 Å². The monoisotopic (exact) mass is 637 g/mol. The van der Waals surface area contributed by atoms with Crippen molar-refractivity contribution < 1.29 is 18.7 Å². The summed E-state index contributed by atoms with van der Waals surface area (Å²) in [5.41, 5.74) is 3.26. The second kappa shape index (κ2) is 14.1. The van der Waals surface area contributed by atoms with Crippen LogP contribution in [0.15, 0.2) is 60.4 Å². The molecule has 2 aromatic carbocycles. The van der Waals surface area contributed by atoms with Crippen LogP contribution in [0.3, 0.4) is 0 Å². The van der Waals surface area contributed by atoms with Gasteiger partial charge in [-0.3, -0.25) is 9.69 Å². The lowest BCUT2D eigenvalue weighted by Gasteiger charge is -2.36. The van der Waals surface area contributed by atoms with Crippen LogP contribution in [-0.2, 0) is 22.5 Å². The van der Waals surface area contributed by atoms with Gasteiger partial charge in [0, 0.05) is 55.1 Å². The molecule has 0 unspecified atom stereocenters. The summed E-state index contributed by atoms with van der Waals surface area (Å²) in [6.07, 6.45) is 11.1. The van der Waals surface area contributed by atoms with Crippen molar-refractivity contribution in [2.45, 2.75) is 51.2 Å². The Morgan fingerprint density at radius 2 is 1.87 bits per heavy atom. The molecule has 4 aliphatic rings. The highest BCUT2D eigenvalue weighted by Gasteiger charge is 2.30. The molecule has 0 N–H and O–H groups in total. The van der Waals surface area contributed by atoms with E-state index in [0.717, 1.165) is 54.8 Å². The van der Waals surface area contributed by atoms with Crippen LogP contribution in [0.1, 0.15) is 43.4 Å². The minimum absolute atomic E-state index is 0.0950. The van der Waals surface area contributed by atoms with E-state index < -0.39 is 0 Å². The molecule has 3 aromatic rings. The van der Waals surface area contributed by atoms with E-state index in [1.807, 2.05) is 41.4 Å². The number of fused-ring (bicyclic) bond motifs is 2. The van der Waals surface area contributed by atoms with Gasteiger partial charge < -0.3 is 24.2 Å². The Bertz CT molecular complexity index is 1720. The number of nitriles is 1. The Kier molecular flexibility index (Phi) is 9.31. The molecule has 1 saturated heterocycles. The Morgan fingerprint density at radius 1 is 1.04 bits per heavy atom. The van der Waals surface area contributed by atoms with Gasteiger partial charge in [-0.2, -0.15) is 15.2 Å². The molecule has 0 spiro atoms. The number of carbonyl (C=O) groups is 1. The van der Waals surface area contributed by atoms with Crippen molar-refractivity contribution in [3.8, 4) is 12.1 Å². The van der Waals surface area contributed by atoms with Gasteiger partial charge in [-0.15, -0.1) is 0 Å². The van der Waals surface area contributed by atoms with Crippen molar-refractivity contribution in [3.63, 3.8) is 0 Å². The molecule has 1 aliphatic carbocycles. The van der Waals surface area contributed by atoms with Gasteiger partial charge in [0.05, 0.1) is 43.1 Å². The van der Waals surface area contributed by atoms with Gasteiger partial charge in [0.1, 0.15) is 18.2 Å². The van der Waals surface area contributed by atoms with Crippen molar-refractivity contribution in [1.29, 1.82) is 5.26 Å². The van der Waals surface area contributed by atoms with E-state index >= 15 is 4.39 Å². The molecule has 0 bridgehead atoms. The van der Waals surface area contributed by atoms with Crippen molar-refractivity contribution in [1.82, 2.24) is 19.8 Å². The summed E-state index contributed by atoms with van der Waals surface area (Å²) < 4.78 is 26.9. The first-order valence-electron chi connectivity index (χ1n) is 16.7. The number of hydrogen-bond acceptors (Lipinski definition) is 9. The summed E-state index contributed by atoms with van der Waals surface area (Å²) in [6, 6.07) is 13.5. The topological polar surface area (TPSA) is 98.1 Å². The Labute approximate surface area is 274 Å². The van der Waals surface area contributed by atoms with Gasteiger partial charge in [0.25, 0.3) is 5.91 Å². The van der Waals surface area contributed by atoms with Crippen LogP contribution in [0.5, 0.6) is 6.01 Å². The number of aromatic nitrogens is 2. The highest BCUT2D eigenvalue weighted by atomic mass is 19.1. The Hall–Kier alpha value is -4.53. The predicted molar refractivity (Wildman–Crippen MR) is 177 cm³/mol. The minimum atomic E-state index is -0.250. The van der Waals surface area contributed by atoms with E-state index in [-0.39, 0.29) is 24.2 Å². The highest BCUT2D eigenvalue weighted by Crippen LogP contribution is 2.36. The maximum absolute atomic E-state index is 15.1. The van der Waals surface area contributed by atoms with Crippen molar-refractivity contribution in [2.24, 2.45) is 0 Å². The first kappa shape index (κ1) is 31.1. The van der Waals surface area contributed by atoms with Gasteiger partial charge in [0.15, 0.2) is 0 Å². The van der Waals surface area contributed by atoms with E-state index in [1.54, 1.807) is 17.0 Å². The van der Waals surface area contributed by atoms with Gasteiger partial charge in [-0.1, -0.05) is 30.3 Å². The molecule has 2 fully saturated rings. The number of benzene rings is 2. The minimum Gasteiger partial charge on any atom is -0.461 e. The largest absolute Gasteiger partial charge is 0.461 e. The zero-order chi connectivity index (χ0) is 32.2. The highest BCUT2D eigenvalue weighted by molar-refractivity contribution is 5.95. The van der Waals surface area contributed by atoms with Crippen LogP contribution in [-0.4, -0.2) is 84.3 Å². The third kappa shape index (κ3) is 7.09. The lowest BCUT2D eigenvalue weighted by atomic mass is 10.0. The number of halogens is 1. The molecule has 7 rings (SSSR count). The number of allylic oxidation sites excluding steroid dienone is 1. The zero-order valence-corrected chi connectivity index (χ0v) is 26.6. The zero-order valence-electron chi connectivity index (χ0n) is 26.6. The lowest BCUT2D eigenvalue weighted by molar-refractivity contribution is -0.124. The van der Waals surface area contributed by atoms with Crippen LogP contribution in [0.25, 0.3) is 10.8 Å². The number of carbonyl (C=O) groups excluding carboxylic acids is 1. The molecule has 10 nitrogen and oxygen atoms in total. The van der Waals surface area contributed by atoms with Gasteiger partial charge in [-0.25, -0.2) is 4.39 Å². The van der Waals surface area contributed by atoms with Crippen molar-refractivity contribution in [3.05, 3.63) is 77.5 Å². The van der Waals surface area contributed by atoms with Crippen LogP contribution >= 0.6 is 0 Å². The van der Waals surface area contributed by atoms with E-state index in [0.29, 0.717) is 68.8 Å². The van der Waals surface area contributed by atoms with E-state index in [2.05, 4.69) is 15.9 Å². The molecule has 47 heavy (non-hydrogen) atoms. The molecule has 4 heterocycles. The van der Waals surface area contributed by atoms with Crippen LogP contribution < -0.4 is 14.5 Å². The van der Waals surface area contributed by atoms with E-state index in [4.69, 9.17) is 19.4 Å². The lowest BCUT2D eigenvalue weighted by Crippen LogP contribution is -2.42. The first-order chi connectivity index (χ1) is 23.1. The molecule has 3 aliphatic heterocycles. The number of hydrogen-bond donors (Lipinski definition) is 0. The normalized spacial score (nSPS) is 18.5. The molecule has 244 valence electrons. The molecule has 0 atom stereocenters. The van der Waals surface area contributed by atoms with Gasteiger partial charge >= 0.3 is 6.01 Å².